The zero-order chi connectivity index (χ0) is 21.4. The van der Waals surface area contributed by atoms with Crippen LogP contribution >= 0.6 is 0 Å². The smallest absolute Gasteiger partial charge is 0.261 e. The van der Waals surface area contributed by atoms with E-state index < -0.39 is 0 Å². The number of phenols is 1. The van der Waals surface area contributed by atoms with Crippen LogP contribution in [0.4, 0.5) is 28.6 Å². The fourth-order valence-corrected chi connectivity index (χ4v) is 3.88. The maximum atomic E-state index is 13.2. The van der Waals surface area contributed by atoms with Crippen LogP contribution in [0.1, 0.15) is 40.7 Å². The van der Waals surface area contributed by atoms with Gasteiger partial charge in [-0.3, -0.25) is 4.79 Å². The van der Waals surface area contributed by atoms with Crippen molar-refractivity contribution in [3.63, 3.8) is 0 Å². The first-order chi connectivity index (χ1) is 15.1. The lowest BCUT2D eigenvalue weighted by Crippen LogP contribution is -2.34. The minimum absolute atomic E-state index is 0.159. The molecule has 5 rings (SSSR count). The van der Waals surface area contributed by atoms with Gasteiger partial charge < -0.3 is 26.4 Å². The topological polar surface area (TPSA) is 98.3 Å². The maximum Gasteiger partial charge on any atom is 0.261 e. The third-order valence-electron chi connectivity index (χ3n) is 5.95. The SMILES string of the molecule is Cc1ccc(O)cc1Nc1ccnc2c1C(=O)Nc1cc(CNC3CCC3)ccc1N2. The second kappa shape index (κ2) is 7.92. The van der Waals surface area contributed by atoms with Crippen molar-refractivity contribution in [2.75, 3.05) is 16.0 Å². The monoisotopic (exact) mass is 415 g/mol. The highest BCUT2D eigenvalue weighted by Gasteiger charge is 2.24. The Morgan fingerprint density at radius 2 is 1.94 bits per heavy atom. The summed E-state index contributed by atoms with van der Waals surface area (Å²) in [6, 6.07) is 13.5. The number of nitrogens with zero attached hydrogens (tertiary/aromatic N) is 1. The van der Waals surface area contributed by atoms with Gasteiger partial charge in [0.2, 0.25) is 0 Å². The zero-order valence-corrected chi connectivity index (χ0v) is 17.3. The van der Waals surface area contributed by atoms with Crippen molar-refractivity contribution < 1.29 is 9.90 Å². The summed E-state index contributed by atoms with van der Waals surface area (Å²) in [5.41, 5.74) is 5.39. The van der Waals surface area contributed by atoms with Crippen LogP contribution in [0.2, 0.25) is 0 Å². The predicted molar refractivity (Wildman–Crippen MR) is 123 cm³/mol. The fraction of sp³-hybridized carbons (Fsp3) is 0.250. The van der Waals surface area contributed by atoms with E-state index in [1.54, 1.807) is 24.4 Å². The average molecular weight is 415 g/mol. The molecule has 0 unspecified atom stereocenters. The van der Waals surface area contributed by atoms with Gasteiger partial charge in [-0.05, 0) is 55.2 Å². The normalized spacial score (nSPS) is 15.1. The average Bonchev–Trinajstić information content (AvgIpc) is 2.85. The number of phenolic OH excluding ortho intramolecular Hbond substituents is 1. The quantitative estimate of drug-likeness (QED) is 0.411. The minimum atomic E-state index is -0.237. The number of fused-ring (bicyclic) bond motifs is 2. The van der Waals surface area contributed by atoms with Crippen molar-refractivity contribution in [1.29, 1.82) is 0 Å². The van der Waals surface area contributed by atoms with Gasteiger partial charge in [0.05, 0.1) is 17.1 Å². The van der Waals surface area contributed by atoms with Crippen molar-refractivity contribution >= 4 is 34.5 Å². The lowest BCUT2D eigenvalue weighted by atomic mass is 9.93. The number of rotatable bonds is 5. The Bertz CT molecular complexity index is 1160. The summed E-state index contributed by atoms with van der Waals surface area (Å²) in [7, 11) is 0. The first kappa shape index (κ1) is 19.4. The van der Waals surface area contributed by atoms with E-state index >= 15 is 0 Å². The summed E-state index contributed by atoms with van der Waals surface area (Å²) in [5.74, 6) is 0.407. The number of carbonyl (C=O) groups excluding carboxylic acids is 1. The van der Waals surface area contributed by atoms with E-state index in [1.807, 2.05) is 25.1 Å². The highest BCUT2D eigenvalue weighted by molar-refractivity contribution is 6.15. The predicted octanol–water partition coefficient (Wildman–Crippen LogP) is 4.79. The van der Waals surface area contributed by atoms with Crippen molar-refractivity contribution in [2.24, 2.45) is 0 Å². The second-order valence-corrected chi connectivity index (χ2v) is 8.17. The van der Waals surface area contributed by atoms with Crippen molar-refractivity contribution in [3.8, 4) is 5.75 Å². The Morgan fingerprint density at radius 3 is 2.74 bits per heavy atom. The molecule has 1 aliphatic carbocycles. The molecule has 3 aromatic rings. The number of hydrogen-bond donors (Lipinski definition) is 5. The molecule has 7 heteroatoms. The van der Waals surface area contributed by atoms with Gasteiger partial charge in [0, 0.05) is 30.5 Å². The molecule has 1 amide bonds. The molecule has 2 aliphatic rings. The van der Waals surface area contributed by atoms with Gasteiger partial charge >= 0.3 is 0 Å². The zero-order valence-electron chi connectivity index (χ0n) is 17.3. The van der Waals surface area contributed by atoms with Gasteiger partial charge in [0.1, 0.15) is 17.1 Å². The summed E-state index contributed by atoms with van der Waals surface area (Å²) >= 11 is 0. The maximum absolute atomic E-state index is 13.2. The van der Waals surface area contributed by atoms with Crippen LogP contribution in [0, 0.1) is 6.92 Å². The van der Waals surface area contributed by atoms with Crippen LogP contribution in [0.25, 0.3) is 0 Å². The molecule has 1 saturated carbocycles. The summed E-state index contributed by atoms with van der Waals surface area (Å²) in [5, 5.41) is 23.0. The van der Waals surface area contributed by atoms with Crippen molar-refractivity contribution in [2.45, 2.75) is 38.8 Å². The molecule has 0 radical (unpaired) electrons. The van der Waals surface area contributed by atoms with Crippen LogP contribution < -0.4 is 21.3 Å². The molecule has 1 fully saturated rings. The van der Waals surface area contributed by atoms with Crippen molar-refractivity contribution in [3.05, 3.63) is 65.4 Å². The number of amides is 1. The van der Waals surface area contributed by atoms with Crippen molar-refractivity contribution in [1.82, 2.24) is 10.3 Å². The highest BCUT2D eigenvalue weighted by atomic mass is 16.3. The third-order valence-corrected chi connectivity index (χ3v) is 5.95. The van der Waals surface area contributed by atoms with Crippen LogP contribution in [0.15, 0.2) is 48.7 Å². The van der Waals surface area contributed by atoms with E-state index in [1.165, 1.54) is 19.3 Å². The highest BCUT2D eigenvalue weighted by Crippen LogP contribution is 2.36. The Morgan fingerprint density at radius 1 is 1.06 bits per heavy atom. The molecular weight excluding hydrogens is 390 g/mol. The van der Waals surface area contributed by atoms with Crippen LogP contribution in [-0.4, -0.2) is 22.0 Å². The van der Waals surface area contributed by atoms with Gasteiger partial charge in [0.15, 0.2) is 0 Å². The number of carbonyl (C=O) groups is 1. The molecule has 1 aromatic heterocycles. The molecule has 1 aliphatic heterocycles. The third kappa shape index (κ3) is 3.92. The number of aromatic hydroxyl groups is 1. The number of aryl methyl sites for hydroxylation is 1. The van der Waals surface area contributed by atoms with E-state index in [-0.39, 0.29) is 11.7 Å². The summed E-state index contributed by atoms with van der Waals surface area (Å²) in [6.07, 6.45) is 5.42. The molecular formula is C24H25N5O2. The number of anilines is 5. The van der Waals surface area contributed by atoms with Crippen LogP contribution in [0.3, 0.4) is 0 Å². The number of hydrogen-bond acceptors (Lipinski definition) is 6. The molecule has 2 aromatic carbocycles. The van der Waals surface area contributed by atoms with Gasteiger partial charge in [-0.25, -0.2) is 4.98 Å². The van der Waals surface area contributed by atoms with Gasteiger partial charge in [-0.1, -0.05) is 18.6 Å². The van der Waals surface area contributed by atoms with Gasteiger partial charge in [0.25, 0.3) is 5.91 Å². The first-order valence-corrected chi connectivity index (χ1v) is 10.6. The number of aromatic nitrogens is 1. The molecule has 2 heterocycles. The Balaban J connectivity index is 1.43. The first-order valence-electron chi connectivity index (χ1n) is 10.6. The molecule has 0 atom stereocenters. The molecule has 7 nitrogen and oxygen atoms in total. The number of benzene rings is 2. The second-order valence-electron chi connectivity index (χ2n) is 8.17. The molecule has 0 saturated heterocycles. The molecule has 5 N–H and O–H groups in total. The number of nitrogens with one attached hydrogen (secondary N) is 4. The largest absolute Gasteiger partial charge is 0.508 e. The molecule has 31 heavy (non-hydrogen) atoms. The summed E-state index contributed by atoms with van der Waals surface area (Å²) in [4.78, 5) is 17.6. The van der Waals surface area contributed by atoms with E-state index in [4.69, 9.17) is 0 Å². The summed E-state index contributed by atoms with van der Waals surface area (Å²) in [6.45, 7) is 2.72. The van der Waals surface area contributed by atoms with Gasteiger partial charge in [-0.15, -0.1) is 0 Å². The lowest BCUT2D eigenvalue weighted by Gasteiger charge is -2.26. The molecule has 0 bridgehead atoms. The fourth-order valence-electron chi connectivity index (χ4n) is 3.88. The van der Waals surface area contributed by atoms with Crippen LogP contribution in [-0.2, 0) is 6.54 Å². The van der Waals surface area contributed by atoms with E-state index in [2.05, 4.69) is 32.3 Å². The number of pyridine rings is 1. The van der Waals surface area contributed by atoms with E-state index in [0.717, 1.165) is 34.7 Å². The van der Waals surface area contributed by atoms with Crippen LogP contribution in [0.5, 0.6) is 5.75 Å². The summed E-state index contributed by atoms with van der Waals surface area (Å²) < 4.78 is 0. The molecule has 158 valence electrons. The Kier molecular flexibility index (Phi) is 4.95. The van der Waals surface area contributed by atoms with Gasteiger partial charge in [-0.2, -0.15) is 0 Å². The van der Waals surface area contributed by atoms with E-state index in [9.17, 15) is 9.90 Å². The van der Waals surface area contributed by atoms with E-state index in [0.29, 0.717) is 23.1 Å². The standard InChI is InChI=1S/C24H25N5O2/c1-14-5-7-17(30)12-20(14)27-19-9-10-25-23-22(19)24(31)29-21-11-15(6-8-18(21)28-23)13-26-16-3-2-4-16/h5-12,16,26,30H,2-4,13H2,1H3,(H,29,31)(H2,25,27,28). The lowest BCUT2D eigenvalue weighted by molar-refractivity contribution is 0.102. The Hall–Kier alpha value is -3.58. The Labute approximate surface area is 180 Å². The molecule has 0 spiro atoms. The minimum Gasteiger partial charge on any atom is -0.508 e.